The molecule has 0 radical (unpaired) electrons. The second kappa shape index (κ2) is 35.1. The molecule has 0 spiro atoms. The van der Waals surface area contributed by atoms with Gasteiger partial charge in [-0.15, -0.1) is 0 Å². The molecule has 13 heteroatoms. The van der Waals surface area contributed by atoms with Crippen LogP contribution in [-0.2, 0) is 38.7 Å². The Morgan fingerprint density at radius 3 is 1.60 bits per heavy atom. The van der Waals surface area contributed by atoms with Gasteiger partial charge in [-0.25, -0.2) is 0 Å². The molecule has 1 unspecified atom stereocenters. The Balaban J connectivity index is 2.51. The number of carbonyl (C=O) groups is 2. The zero-order valence-corrected chi connectivity index (χ0v) is 36.2. The molecule has 58 heavy (non-hydrogen) atoms. The van der Waals surface area contributed by atoms with Crippen LogP contribution in [0, 0.1) is 0 Å². The van der Waals surface area contributed by atoms with E-state index in [4.69, 9.17) is 18.9 Å². The van der Waals surface area contributed by atoms with Crippen LogP contribution >= 0.6 is 0 Å². The molecule has 1 aliphatic rings. The minimum absolute atomic E-state index is 0.140. The van der Waals surface area contributed by atoms with Crippen molar-refractivity contribution in [1.82, 2.24) is 0 Å². The number of allylic oxidation sites excluding steroid dienone is 10. The van der Waals surface area contributed by atoms with Crippen molar-refractivity contribution in [2.45, 2.75) is 192 Å². The number of hydrogen-bond donors (Lipinski definition) is 4. The maximum Gasteiger partial charge on any atom is 0.306 e. The lowest BCUT2D eigenvalue weighted by Gasteiger charge is -2.40. The van der Waals surface area contributed by atoms with Crippen LogP contribution in [0.25, 0.3) is 0 Å². The van der Waals surface area contributed by atoms with Gasteiger partial charge in [-0.2, -0.15) is 8.42 Å². The van der Waals surface area contributed by atoms with E-state index in [1.807, 2.05) is 12.2 Å². The number of aliphatic hydroxyl groups is 3. The van der Waals surface area contributed by atoms with Crippen LogP contribution in [0.2, 0.25) is 0 Å². The fourth-order valence-corrected chi connectivity index (χ4v) is 6.93. The van der Waals surface area contributed by atoms with Crippen molar-refractivity contribution < 1.29 is 56.8 Å². The van der Waals surface area contributed by atoms with Gasteiger partial charge in [-0.1, -0.05) is 152 Å². The van der Waals surface area contributed by atoms with Gasteiger partial charge in [0.05, 0.1) is 6.61 Å². The van der Waals surface area contributed by atoms with Gasteiger partial charge < -0.3 is 34.3 Å². The highest BCUT2D eigenvalue weighted by Crippen LogP contribution is 2.24. The van der Waals surface area contributed by atoms with Gasteiger partial charge in [0.25, 0.3) is 10.1 Å². The number of carbonyl (C=O) groups excluding carboxylic acids is 2. The molecule has 1 rings (SSSR count). The van der Waals surface area contributed by atoms with Crippen molar-refractivity contribution >= 4 is 22.1 Å². The van der Waals surface area contributed by atoms with Crippen LogP contribution in [0.3, 0.4) is 0 Å². The SMILES string of the molecule is CC/C=C\C/C=C\C/C=C\C/C=C\C/C=C\CCCC(=O)OCC(CO[C@H]1O[C@H](CS(=O)(=O)O)[C@@H](O)[C@H](O)[C@H]1O)OC(=O)CCCCCCCCCCCCCCC. The molecule has 0 aromatic heterocycles. The van der Waals surface area contributed by atoms with Crippen LogP contribution in [0.1, 0.15) is 155 Å². The Kier molecular flexibility index (Phi) is 32.3. The molecular weight excluding hydrogens is 765 g/mol. The predicted molar refractivity (Wildman–Crippen MR) is 229 cm³/mol. The second-order valence-corrected chi connectivity index (χ2v) is 16.5. The van der Waals surface area contributed by atoms with Crippen LogP contribution in [-0.4, -0.2) is 96.0 Å². The highest BCUT2D eigenvalue weighted by Gasteiger charge is 2.46. The average Bonchev–Trinajstić information content (AvgIpc) is 3.18. The summed E-state index contributed by atoms with van der Waals surface area (Å²) in [7, 11) is -4.61. The van der Waals surface area contributed by atoms with E-state index in [2.05, 4.69) is 62.5 Å². The third kappa shape index (κ3) is 29.5. The highest BCUT2D eigenvalue weighted by molar-refractivity contribution is 7.85. The second-order valence-electron chi connectivity index (χ2n) is 15.0. The van der Waals surface area contributed by atoms with E-state index >= 15 is 0 Å². The maximum absolute atomic E-state index is 12.8. The first kappa shape index (κ1) is 53.4. The van der Waals surface area contributed by atoms with Crippen molar-refractivity contribution in [2.75, 3.05) is 19.0 Å². The lowest BCUT2D eigenvalue weighted by Crippen LogP contribution is -2.60. The smallest absolute Gasteiger partial charge is 0.306 e. The van der Waals surface area contributed by atoms with Gasteiger partial charge in [0, 0.05) is 12.8 Å². The highest BCUT2D eigenvalue weighted by atomic mass is 32.2. The largest absolute Gasteiger partial charge is 0.462 e. The first-order valence-electron chi connectivity index (χ1n) is 21.8. The van der Waals surface area contributed by atoms with E-state index in [-0.39, 0.29) is 19.4 Å². The molecule has 6 atom stereocenters. The molecule has 12 nitrogen and oxygen atoms in total. The summed E-state index contributed by atoms with van der Waals surface area (Å²) in [5.41, 5.74) is 0. The Hall–Kier alpha value is -2.65. The monoisotopic (exact) mass is 841 g/mol. The summed E-state index contributed by atoms with van der Waals surface area (Å²) in [6, 6.07) is 0. The summed E-state index contributed by atoms with van der Waals surface area (Å²) in [5.74, 6) is -2.06. The lowest BCUT2D eigenvalue weighted by molar-refractivity contribution is -0.297. The molecule has 1 heterocycles. The number of rotatable bonds is 35. The van der Waals surface area contributed by atoms with Crippen molar-refractivity contribution in [3.05, 3.63) is 60.8 Å². The minimum Gasteiger partial charge on any atom is -0.462 e. The Labute approximate surface area is 349 Å². The van der Waals surface area contributed by atoms with Gasteiger partial charge in [0.2, 0.25) is 0 Å². The summed E-state index contributed by atoms with van der Waals surface area (Å²) < 4.78 is 53.9. The average molecular weight is 841 g/mol. The van der Waals surface area contributed by atoms with E-state index in [1.165, 1.54) is 57.8 Å². The standard InChI is InChI=1S/C45H76O12S/c1-3-5-7-9-11-13-15-17-18-19-20-22-23-25-27-29-31-33-40(46)54-35-38(36-55-45-44(50)43(49)42(48)39(57-45)37-58(51,52)53)56-41(47)34-32-30-28-26-24-21-16-14-12-10-8-6-4-2/h5,7,11,13,17-18,20,22,25,27,38-39,42-45,48-50H,3-4,6,8-10,12,14-16,19,21,23-24,26,28-37H2,1-2H3,(H,51,52,53)/b7-5-,13-11-,18-17-,22-20-,27-25-/t38?,39-,42-,43+,44-,45+/m1/s1. The molecule has 1 fully saturated rings. The number of hydrogen-bond acceptors (Lipinski definition) is 11. The fraction of sp³-hybridized carbons (Fsp3) is 0.733. The van der Waals surface area contributed by atoms with Gasteiger partial charge in [0.1, 0.15) is 36.8 Å². The topological polar surface area (TPSA) is 186 Å². The third-order valence-corrected chi connectivity index (χ3v) is 10.4. The zero-order valence-electron chi connectivity index (χ0n) is 35.4. The molecule has 0 saturated carbocycles. The number of ether oxygens (including phenoxy) is 4. The Bertz CT molecular complexity index is 1310. The lowest BCUT2D eigenvalue weighted by atomic mass is 10.00. The van der Waals surface area contributed by atoms with E-state index in [9.17, 15) is 37.9 Å². The Morgan fingerprint density at radius 2 is 1.09 bits per heavy atom. The van der Waals surface area contributed by atoms with Crippen molar-refractivity contribution in [3.8, 4) is 0 Å². The molecular formula is C45H76O12S. The van der Waals surface area contributed by atoms with Gasteiger partial charge in [-0.05, 0) is 51.4 Å². The molecule has 0 aromatic rings. The molecule has 0 bridgehead atoms. The van der Waals surface area contributed by atoms with E-state index in [0.717, 1.165) is 51.4 Å². The molecule has 0 aromatic carbocycles. The summed E-state index contributed by atoms with van der Waals surface area (Å²) in [4.78, 5) is 25.3. The van der Waals surface area contributed by atoms with Crippen LogP contribution < -0.4 is 0 Å². The van der Waals surface area contributed by atoms with Crippen LogP contribution in [0.4, 0.5) is 0 Å². The normalized spacial score (nSPS) is 21.0. The van der Waals surface area contributed by atoms with Crippen LogP contribution in [0.15, 0.2) is 60.8 Å². The molecule has 0 aliphatic carbocycles. The van der Waals surface area contributed by atoms with E-state index in [0.29, 0.717) is 19.3 Å². The van der Waals surface area contributed by atoms with Gasteiger partial charge in [0.15, 0.2) is 12.4 Å². The molecule has 1 saturated heterocycles. The summed E-state index contributed by atoms with van der Waals surface area (Å²) >= 11 is 0. The van der Waals surface area contributed by atoms with E-state index < -0.39 is 71.2 Å². The summed E-state index contributed by atoms with van der Waals surface area (Å²) in [6.07, 6.45) is 32.7. The fourth-order valence-electron chi connectivity index (χ4n) is 6.24. The maximum atomic E-state index is 12.8. The van der Waals surface area contributed by atoms with Crippen molar-refractivity contribution in [1.29, 1.82) is 0 Å². The first-order chi connectivity index (χ1) is 28.0. The molecule has 0 amide bonds. The Morgan fingerprint density at radius 1 is 0.603 bits per heavy atom. The van der Waals surface area contributed by atoms with E-state index in [1.54, 1.807) is 0 Å². The number of unbranched alkanes of at least 4 members (excludes halogenated alkanes) is 13. The third-order valence-electron chi connectivity index (χ3n) is 9.61. The molecule has 334 valence electrons. The van der Waals surface area contributed by atoms with Crippen LogP contribution in [0.5, 0.6) is 0 Å². The number of aliphatic hydroxyl groups excluding tert-OH is 3. The summed E-state index contributed by atoms with van der Waals surface area (Å²) in [5, 5.41) is 30.8. The quantitative estimate of drug-likeness (QED) is 0.0207. The zero-order chi connectivity index (χ0) is 42.7. The number of esters is 2. The molecule has 1 aliphatic heterocycles. The minimum atomic E-state index is -4.61. The van der Waals surface area contributed by atoms with Crippen molar-refractivity contribution in [3.63, 3.8) is 0 Å². The van der Waals surface area contributed by atoms with Gasteiger partial charge >= 0.3 is 11.9 Å². The summed E-state index contributed by atoms with van der Waals surface area (Å²) in [6.45, 7) is 3.58. The van der Waals surface area contributed by atoms with Gasteiger partial charge in [-0.3, -0.25) is 14.1 Å². The predicted octanol–water partition coefficient (Wildman–Crippen LogP) is 8.56. The van der Waals surface area contributed by atoms with Crippen molar-refractivity contribution in [2.24, 2.45) is 0 Å². The first-order valence-corrected chi connectivity index (χ1v) is 23.5. The molecule has 4 N–H and O–H groups in total.